The number of rotatable bonds is 8. The van der Waals surface area contributed by atoms with Crippen molar-refractivity contribution in [3.8, 4) is 0 Å². The molecule has 1 aliphatic heterocycles. The van der Waals surface area contributed by atoms with Gasteiger partial charge in [-0.15, -0.1) is 0 Å². The van der Waals surface area contributed by atoms with Crippen LogP contribution in [0.2, 0.25) is 5.02 Å². The standard InChI is InChI=1S/C24H33ClN4O3S/c1-2-10-29-22(31)19-7-6-18(25)15-20(19)27-23(29)33-16-21(30)26-17-24(8-4-3-5-9-24)28-11-13-32-14-12-28/h6-7,15H,2-5,8-14,16-17H2,1H3,(H,26,30). The molecule has 0 radical (unpaired) electrons. The molecule has 0 spiro atoms. The number of nitrogens with zero attached hydrogens (tertiary/aromatic N) is 3. The minimum atomic E-state index is -0.0881. The first-order chi connectivity index (χ1) is 16.0. The first-order valence-electron chi connectivity index (χ1n) is 11.9. The maximum Gasteiger partial charge on any atom is 0.262 e. The zero-order valence-corrected chi connectivity index (χ0v) is 20.8. The summed E-state index contributed by atoms with van der Waals surface area (Å²) in [5, 5.41) is 4.84. The fraction of sp³-hybridized carbons (Fsp3) is 0.625. The summed E-state index contributed by atoms with van der Waals surface area (Å²) < 4.78 is 7.22. The zero-order chi connectivity index (χ0) is 23.3. The molecule has 2 fully saturated rings. The monoisotopic (exact) mass is 492 g/mol. The van der Waals surface area contributed by atoms with E-state index in [1.165, 1.54) is 31.0 Å². The molecule has 0 unspecified atom stereocenters. The third kappa shape index (κ3) is 5.73. The van der Waals surface area contributed by atoms with E-state index in [0.29, 0.717) is 34.2 Å². The number of nitrogens with one attached hydrogen (secondary N) is 1. The fourth-order valence-electron chi connectivity index (χ4n) is 5.00. The second kappa shape index (κ2) is 11.2. The summed E-state index contributed by atoms with van der Waals surface area (Å²) in [5.41, 5.74) is 0.510. The molecule has 4 rings (SSSR count). The summed E-state index contributed by atoms with van der Waals surface area (Å²) in [6.07, 6.45) is 6.71. The first-order valence-corrected chi connectivity index (χ1v) is 13.3. The first kappa shape index (κ1) is 24.5. The van der Waals surface area contributed by atoms with Gasteiger partial charge in [0.1, 0.15) is 0 Å². The SMILES string of the molecule is CCCn1c(SCC(=O)NCC2(N3CCOCC3)CCCCC2)nc2cc(Cl)ccc2c1=O. The van der Waals surface area contributed by atoms with Crippen LogP contribution in [0, 0.1) is 0 Å². The van der Waals surface area contributed by atoms with Gasteiger partial charge in [0, 0.05) is 36.7 Å². The van der Waals surface area contributed by atoms with Crippen molar-refractivity contribution in [3.05, 3.63) is 33.6 Å². The lowest BCUT2D eigenvalue weighted by molar-refractivity contribution is -0.119. The predicted octanol–water partition coefficient (Wildman–Crippen LogP) is 3.70. The summed E-state index contributed by atoms with van der Waals surface area (Å²) in [5.74, 6) is 0.197. The zero-order valence-electron chi connectivity index (χ0n) is 19.3. The van der Waals surface area contributed by atoms with E-state index < -0.39 is 0 Å². The largest absolute Gasteiger partial charge is 0.379 e. The lowest BCUT2D eigenvalue weighted by Crippen LogP contribution is -2.59. The normalized spacial score (nSPS) is 19.0. The molecule has 180 valence electrons. The Morgan fingerprint density at radius 2 is 2.00 bits per heavy atom. The van der Waals surface area contributed by atoms with Gasteiger partial charge in [-0.05, 0) is 37.5 Å². The number of fused-ring (bicyclic) bond motifs is 1. The molecule has 1 N–H and O–H groups in total. The van der Waals surface area contributed by atoms with E-state index in [0.717, 1.165) is 45.6 Å². The summed E-state index contributed by atoms with van der Waals surface area (Å²) in [6.45, 7) is 6.63. The van der Waals surface area contributed by atoms with E-state index >= 15 is 0 Å². The molecule has 7 nitrogen and oxygen atoms in total. The number of benzene rings is 1. The van der Waals surface area contributed by atoms with Crippen molar-refractivity contribution in [2.45, 2.75) is 62.7 Å². The number of aromatic nitrogens is 2. The van der Waals surface area contributed by atoms with Crippen LogP contribution in [-0.2, 0) is 16.1 Å². The van der Waals surface area contributed by atoms with Crippen LogP contribution >= 0.6 is 23.4 Å². The van der Waals surface area contributed by atoms with E-state index in [1.54, 1.807) is 22.8 Å². The Morgan fingerprint density at radius 3 is 2.73 bits per heavy atom. The van der Waals surface area contributed by atoms with Gasteiger partial charge in [-0.25, -0.2) is 4.98 Å². The molecule has 1 saturated heterocycles. The van der Waals surface area contributed by atoms with Crippen molar-refractivity contribution < 1.29 is 9.53 Å². The number of hydrogen-bond donors (Lipinski definition) is 1. The van der Waals surface area contributed by atoms with Gasteiger partial charge in [-0.1, -0.05) is 49.5 Å². The Balaban J connectivity index is 1.44. The maximum absolute atomic E-state index is 13.0. The van der Waals surface area contributed by atoms with Crippen molar-refractivity contribution in [3.63, 3.8) is 0 Å². The fourth-order valence-corrected chi connectivity index (χ4v) is 6.02. The lowest BCUT2D eigenvalue weighted by Gasteiger charge is -2.48. The molecule has 1 saturated carbocycles. The Hall–Kier alpha value is -1.61. The van der Waals surface area contributed by atoms with Crippen LogP contribution in [0.4, 0.5) is 0 Å². The minimum absolute atomic E-state index is 0.0262. The third-order valence-electron chi connectivity index (χ3n) is 6.74. The molecule has 0 bridgehead atoms. The Morgan fingerprint density at radius 1 is 1.24 bits per heavy atom. The van der Waals surface area contributed by atoms with Gasteiger partial charge in [0.25, 0.3) is 5.56 Å². The third-order valence-corrected chi connectivity index (χ3v) is 7.95. The van der Waals surface area contributed by atoms with Crippen LogP contribution in [0.3, 0.4) is 0 Å². The van der Waals surface area contributed by atoms with Gasteiger partial charge in [-0.2, -0.15) is 0 Å². The van der Waals surface area contributed by atoms with Crippen molar-refractivity contribution in [2.24, 2.45) is 0 Å². The van der Waals surface area contributed by atoms with Crippen molar-refractivity contribution in [1.29, 1.82) is 0 Å². The number of halogens is 1. The molecule has 9 heteroatoms. The second-order valence-corrected chi connectivity index (χ2v) is 10.3. The number of morpholine rings is 1. The maximum atomic E-state index is 13.0. The highest BCUT2D eigenvalue weighted by Crippen LogP contribution is 2.34. The van der Waals surface area contributed by atoms with Crippen molar-refractivity contribution in [1.82, 2.24) is 19.8 Å². The number of amides is 1. The van der Waals surface area contributed by atoms with Gasteiger partial charge < -0.3 is 10.1 Å². The van der Waals surface area contributed by atoms with Crippen molar-refractivity contribution >= 4 is 40.2 Å². The summed E-state index contributed by atoms with van der Waals surface area (Å²) in [7, 11) is 0. The van der Waals surface area contributed by atoms with Crippen LogP contribution in [-0.4, -0.2) is 64.5 Å². The Bertz CT molecular complexity index is 1030. The average Bonchev–Trinajstić information content (AvgIpc) is 2.84. The van der Waals surface area contributed by atoms with E-state index in [1.807, 2.05) is 6.92 Å². The lowest BCUT2D eigenvalue weighted by atomic mass is 9.79. The molecule has 1 aliphatic carbocycles. The molecule has 2 aromatic rings. The minimum Gasteiger partial charge on any atom is -0.379 e. The summed E-state index contributed by atoms with van der Waals surface area (Å²) in [6, 6.07) is 5.13. The highest BCUT2D eigenvalue weighted by Gasteiger charge is 2.38. The van der Waals surface area contributed by atoms with Crippen LogP contribution < -0.4 is 10.9 Å². The average molecular weight is 493 g/mol. The Kier molecular flexibility index (Phi) is 8.33. The highest BCUT2D eigenvalue weighted by molar-refractivity contribution is 7.99. The van der Waals surface area contributed by atoms with Crippen molar-refractivity contribution in [2.75, 3.05) is 38.6 Å². The molecular weight excluding hydrogens is 460 g/mol. The number of ether oxygens (including phenoxy) is 1. The highest BCUT2D eigenvalue weighted by atomic mass is 35.5. The quantitative estimate of drug-likeness (QED) is 0.447. The Labute approximate surface area is 204 Å². The van der Waals surface area contributed by atoms with Gasteiger partial charge in [0.15, 0.2) is 5.16 Å². The van der Waals surface area contributed by atoms with Crippen LogP contribution in [0.25, 0.3) is 10.9 Å². The molecular formula is C24H33ClN4O3S. The summed E-state index contributed by atoms with van der Waals surface area (Å²) >= 11 is 7.43. The number of hydrogen-bond acceptors (Lipinski definition) is 6. The smallest absolute Gasteiger partial charge is 0.262 e. The van der Waals surface area contributed by atoms with E-state index in [4.69, 9.17) is 16.3 Å². The van der Waals surface area contributed by atoms with Gasteiger partial charge >= 0.3 is 0 Å². The topological polar surface area (TPSA) is 76.5 Å². The predicted molar refractivity (Wildman–Crippen MR) is 133 cm³/mol. The number of thioether (sulfide) groups is 1. The van der Waals surface area contributed by atoms with Gasteiger partial charge in [-0.3, -0.25) is 19.1 Å². The number of carbonyl (C=O) groups is 1. The van der Waals surface area contributed by atoms with E-state index in [-0.39, 0.29) is 22.8 Å². The van der Waals surface area contributed by atoms with Gasteiger partial charge in [0.2, 0.25) is 5.91 Å². The van der Waals surface area contributed by atoms with E-state index in [2.05, 4.69) is 15.2 Å². The second-order valence-electron chi connectivity index (χ2n) is 8.96. The van der Waals surface area contributed by atoms with Crippen LogP contribution in [0.15, 0.2) is 28.2 Å². The van der Waals surface area contributed by atoms with Gasteiger partial charge in [0.05, 0.1) is 29.9 Å². The van der Waals surface area contributed by atoms with Crippen LogP contribution in [0.1, 0.15) is 45.4 Å². The molecule has 2 aliphatic rings. The number of carbonyl (C=O) groups excluding carboxylic acids is 1. The molecule has 0 atom stereocenters. The van der Waals surface area contributed by atoms with E-state index in [9.17, 15) is 9.59 Å². The molecule has 1 aromatic heterocycles. The molecule has 1 amide bonds. The molecule has 2 heterocycles. The molecule has 33 heavy (non-hydrogen) atoms. The summed E-state index contributed by atoms with van der Waals surface area (Å²) in [4.78, 5) is 33.0. The van der Waals surface area contributed by atoms with Crippen LogP contribution in [0.5, 0.6) is 0 Å². The molecule has 1 aromatic carbocycles.